The number of ether oxygens (including phenoxy) is 2. The highest BCUT2D eigenvalue weighted by atomic mass is 28.2. The molecule has 0 saturated heterocycles. The van der Waals surface area contributed by atoms with E-state index in [0.717, 1.165) is 0 Å². The van der Waals surface area contributed by atoms with Gasteiger partial charge in [0.15, 0.2) is 0 Å². The smallest absolute Gasteiger partial charge is 0.357 e. The Bertz CT molecular complexity index is 398. The van der Waals surface area contributed by atoms with E-state index in [-0.39, 0.29) is 15.9 Å². The highest BCUT2D eigenvalue weighted by Gasteiger charge is 2.83. The van der Waals surface area contributed by atoms with Gasteiger partial charge in [-0.1, -0.05) is 0 Å². The van der Waals surface area contributed by atoms with Crippen LogP contribution in [0.1, 0.15) is 26.7 Å². The van der Waals surface area contributed by atoms with Crippen molar-refractivity contribution in [2.24, 2.45) is 11.8 Å². The van der Waals surface area contributed by atoms with Crippen molar-refractivity contribution in [2.75, 3.05) is 13.2 Å². The fraction of sp³-hybridized carbons (Fsp3) is 1.00. The third-order valence-corrected chi connectivity index (χ3v) is 6.15. The Balaban J connectivity index is 2.14. The van der Waals surface area contributed by atoms with Gasteiger partial charge in [0.1, 0.15) is 15.4 Å². The van der Waals surface area contributed by atoms with E-state index in [1.54, 1.807) is 13.8 Å². The summed E-state index contributed by atoms with van der Waals surface area (Å²) in [5.41, 5.74) is -5.10. The van der Waals surface area contributed by atoms with E-state index in [9.17, 15) is 26.3 Å². The number of hydrogen-bond donors (Lipinski definition) is 0. The normalized spacial score (nSPS) is 37.2. The molecule has 0 aliphatic heterocycles. The van der Waals surface area contributed by atoms with Crippen LogP contribution >= 0.6 is 0 Å². The number of rotatable bonds is 6. The molecule has 2 radical (unpaired) electrons. The highest BCUT2D eigenvalue weighted by molar-refractivity contribution is 6.39. The number of alkyl halides is 6. The van der Waals surface area contributed by atoms with Gasteiger partial charge >= 0.3 is 6.18 Å². The van der Waals surface area contributed by atoms with Crippen molar-refractivity contribution < 1.29 is 35.8 Å². The third-order valence-electron chi connectivity index (χ3n) is 4.47. The lowest BCUT2D eigenvalue weighted by molar-refractivity contribution is -0.317. The van der Waals surface area contributed by atoms with Gasteiger partial charge < -0.3 is 9.47 Å². The lowest BCUT2D eigenvalue weighted by Gasteiger charge is -2.41. The molecule has 2 rings (SSSR count). The summed E-state index contributed by atoms with van der Waals surface area (Å²) in [7, 11) is -0.224. The van der Waals surface area contributed by atoms with Crippen molar-refractivity contribution in [1.82, 2.24) is 0 Å². The molecule has 22 heavy (non-hydrogen) atoms. The predicted octanol–water partition coefficient (Wildman–Crippen LogP) is 3.78. The Hall–Kier alpha value is -0.283. The Kier molecular flexibility index (Phi) is 4.90. The quantitative estimate of drug-likeness (QED) is 0.413. The van der Waals surface area contributed by atoms with E-state index in [2.05, 4.69) is 0 Å². The molecule has 2 nitrogen and oxygen atoms in total. The monoisotopic (exact) mass is 348 g/mol. The molecule has 4 atom stereocenters. The van der Waals surface area contributed by atoms with E-state index < -0.39 is 47.5 Å². The largest absolute Gasteiger partial charge is 0.428 e. The van der Waals surface area contributed by atoms with Gasteiger partial charge in [0.2, 0.25) is 0 Å². The standard InChI is InChI=1S/C13H18F6O2Si/c1-3-20-10(21-4-2)22-9-6-7-5-8(9)12(15,16)11(7,14)13(17,18)19/h7-10H,3-6H2,1-2H3. The average molecular weight is 348 g/mol. The van der Waals surface area contributed by atoms with Gasteiger partial charge in [-0.05, 0) is 32.2 Å². The molecule has 0 spiro atoms. The first kappa shape index (κ1) is 18.1. The van der Waals surface area contributed by atoms with Gasteiger partial charge in [0, 0.05) is 25.0 Å². The topological polar surface area (TPSA) is 18.5 Å². The maximum atomic E-state index is 14.2. The van der Waals surface area contributed by atoms with Gasteiger partial charge in [-0.25, -0.2) is 13.2 Å². The van der Waals surface area contributed by atoms with Gasteiger partial charge in [-0.2, -0.15) is 13.2 Å². The summed E-state index contributed by atoms with van der Waals surface area (Å²) in [6.45, 7) is 4.04. The molecule has 0 aromatic carbocycles. The first-order valence-corrected chi connectivity index (χ1v) is 8.37. The number of halogens is 6. The van der Waals surface area contributed by atoms with Crippen LogP contribution in [0.25, 0.3) is 0 Å². The summed E-state index contributed by atoms with van der Waals surface area (Å²) in [4.78, 5) is 0. The van der Waals surface area contributed by atoms with Crippen LogP contribution in [0.5, 0.6) is 0 Å². The molecule has 0 heterocycles. The van der Waals surface area contributed by atoms with Crippen molar-refractivity contribution >= 4 is 9.52 Å². The highest BCUT2D eigenvalue weighted by Crippen LogP contribution is 2.69. The van der Waals surface area contributed by atoms with Crippen LogP contribution in [0.2, 0.25) is 5.54 Å². The molecule has 2 aliphatic carbocycles. The van der Waals surface area contributed by atoms with E-state index in [1.807, 2.05) is 0 Å². The number of fused-ring (bicyclic) bond motifs is 2. The lowest BCUT2D eigenvalue weighted by atomic mass is 9.81. The SMILES string of the molecule is CCOC(OCC)[Si]C1CC2CC1C(F)(F)C2(F)C(F)(F)F. The molecule has 2 bridgehead atoms. The molecule has 0 N–H and O–H groups in total. The second-order valence-electron chi connectivity index (χ2n) is 5.62. The summed E-state index contributed by atoms with van der Waals surface area (Å²) in [5, 5.41) is 0. The van der Waals surface area contributed by atoms with Crippen molar-refractivity contribution in [3.05, 3.63) is 0 Å². The van der Waals surface area contributed by atoms with Crippen LogP contribution in [-0.4, -0.2) is 46.4 Å². The Morgan fingerprint density at radius 3 is 2.05 bits per heavy atom. The maximum Gasteiger partial charge on any atom is 0.428 e. The fourth-order valence-electron chi connectivity index (χ4n) is 3.53. The minimum absolute atomic E-state index is 0.203. The van der Waals surface area contributed by atoms with Crippen molar-refractivity contribution in [3.63, 3.8) is 0 Å². The van der Waals surface area contributed by atoms with Crippen LogP contribution in [0.4, 0.5) is 26.3 Å². The minimum Gasteiger partial charge on any atom is -0.357 e. The molecule has 4 unspecified atom stereocenters. The zero-order valence-electron chi connectivity index (χ0n) is 12.2. The molecule has 9 heteroatoms. The Morgan fingerprint density at radius 2 is 1.64 bits per heavy atom. The fourth-order valence-corrected chi connectivity index (χ4v) is 5.41. The summed E-state index contributed by atoms with van der Waals surface area (Å²) < 4.78 is 91.4. The van der Waals surface area contributed by atoms with Crippen molar-refractivity contribution in [1.29, 1.82) is 0 Å². The van der Waals surface area contributed by atoms with E-state index in [1.165, 1.54) is 0 Å². The van der Waals surface area contributed by atoms with Crippen LogP contribution < -0.4 is 0 Å². The number of hydrogen-bond acceptors (Lipinski definition) is 2. The molecule has 2 fully saturated rings. The van der Waals surface area contributed by atoms with E-state index in [0.29, 0.717) is 13.2 Å². The predicted molar refractivity (Wildman–Crippen MR) is 67.6 cm³/mol. The Labute approximate surface area is 127 Å². The third kappa shape index (κ3) is 2.58. The van der Waals surface area contributed by atoms with Crippen LogP contribution in [0, 0.1) is 11.8 Å². The average Bonchev–Trinajstić information content (AvgIpc) is 2.88. The second kappa shape index (κ2) is 5.97. The summed E-state index contributed by atoms with van der Waals surface area (Å²) in [5.74, 6) is -8.40. The van der Waals surface area contributed by atoms with Gasteiger partial charge in [-0.3, -0.25) is 0 Å². The van der Waals surface area contributed by atoms with E-state index in [4.69, 9.17) is 9.47 Å². The van der Waals surface area contributed by atoms with Crippen molar-refractivity contribution in [3.8, 4) is 0 Å². The van der Waals surface area contributed by atoms with Crippen LogP contribution in [-0.2, 0) is 9.47 Å². The minimum atomic E-state index is -5.55. The van der Waals surface area contributed by atoms with E-state index >= 15 is 0 Å². The molecular formula is C13H18F6O2Si. The zero-order valence-corrected chi connectivity index (χ0v) is 13.2. The van der Waals surface area contributed by atoms with Gasteiger partial charge in [-0.15, -0.1) is 0 Å². The lowest BCUT2D eigenvalue weighted by Crippen LogP contribution is -2.60. The first-order valence-electron chi connectivity index (χ1n) is 7.22. The first-order chi connectivity index (χ1) is 10.1. The molecule has 128 valence electrons. The van der Waals surface area contributed by atoms with Crippen molar-refractivity contribution in [2.45, 2.75) is 55.9 Å². The summed E-state index contributed by atoms with van der Waals surface area (Å²) in [6.07, 6.45) is -6.19. The van der Waals surface area contributed by atoms with Gasteiger partial charge in [0.05, 0.1) is 0 Å². The zero-order chi connectivity index (χ0) is 16.8. The molecule has 2 aliphatic rings. The van der Waals surface area contributed by atoms with Gasteiger partial charge in [0.25, 0.3) is 11.6 Å². The summed E-state index contributed by atoms with van der Waals surface area (Å²) >= 11 is 0. The Morgan fingerprint density at radius 1 is 1.09 bits per heavy atom. The molecule has 0 amide bonds. The van der Waals surface area contributed by atoms with Crippen LogP contribution in [0.3, 0.4) is 0 Å². The molecule has 0 aromatic heterocycles. The maximum absolute atomic E-state index is 14.2. The summed E-state index contributed by atoms with van der Waals surface area (Å²) in [6, 6.07) is 0. The van der Waals surface area contributed by atoms with Crippen LogP contribution in [0.15, 0.2) is 0 Å². The molecule has 2 saturated carbocycles. The molecular weight excluding hydrogens is 330 g/mol. The molecule has 0 aromatic rings. The second-order valence-corrected chi connectivity index (χ2v) is 7.17.